The van der Waals surface area contributed by atoms with E-state index in [1.807, 2.05) is 103 Å². The molecule has 0 aliphatic heterocycles. The van der Waals surface area contributed by atoms with Crippen molar-refractivity contribution < 1.29 is 4.74 Å². The number of hydrogen-bond acceptors (Lipinski definition) is 3. The number of ether oxygens (including phenoxy) is 1. The van der Waals surface area contributed by atoms with Crippen molar-refractivity contribution in [3.05, 3.63) is 121 Å². The first-order valence-corrected chi connectivity index (χ1v) is 10.7. The quantitative estimate of drug-likeness (QED) is 0.263. The normalized spacial score (nSPS) is 10.7. The molecule has 0 aliphatic rings. The summed E-state index contributed by atoms with van der Waals surface area (Å²) >= 11 is 6.40. The summed E-state index contributed by atoms with van der Waals surface area (Å²) in [4.78, 5) is 9.24. The van der Waals surface area contributed by atoms with Crippen LogP contribution in [0.4, 0.5) is 0 Å². The van der Waals surface area contributed by atoms with E-state index in [4.69, 9.17) is 16.3 Å². The van der Waals surface area contributed by atoms with Crippen LogP contribution in [0.25, 0.3) is 33.6 Å². The Morgan fingerprint density at radius 1 is 0.469 bits per heavy atom. The molecule has 0 unspecified atom stereocenters. The molecule has 0 saturated carbocycles. The van der Waals surface area contributed by atoms with Crippen LogP contribution < -0.4 is 4.74 Å². The predicted molar refractivity (Wildman–Crippen MR) is 130 cm³/mol. The fourth-order valence-corrected chi connectivity index (χ4v) is 3.80. The van der Waals surface area contributed by atoms with Gasteiger partial charge in [0.2, 0.25) is 5.28 Å². The highest BCUT2D eigenvalue weighted by Gasteiger charge is 2.18. The lowest BCUT2D eigenvalue weighted by molar-refractivity contribution is 0.483. The molecule has 5 aromatic rings. The molecule has 4 aromatic carbocycles. The van der Waals surface area contributed by atoms with E-state index in [1.54, 1.807) is 0 Å². The van der Waals surface area contributed by atoms with Gasteiger partial charge in [-0.2, -0.15) is 0 Å². The lowest BCUT2D eigenvalue weighted by Gasteiger charge is -2.15. The average molecular weight is 435 g/mol. The first-order chi connectivity index (χ1) is 15.8. The minimum atomic E-state index is 0.211. The molecule has 4 heteroatoms. The minimum absolute atomic E-state index is 0.211. The van der Waals surface area contributed by atoms with Crippen LogP contribution in [-0.4, -0.2) is 9.97 Å². The third kappa shape index (κ3) is 4.25. The second kappa shape index (κ2) is 9.04. The van der Waals surface area contributed by atoms with Crippen LogP contribution in [0.3, 0.4) is 0 Å². The Labute approximate surface area is 192 Å². The molecular weight excluding hydrogens is 416 g/mol. The molecule has 0 atom stereocenters. The van der Waals surface area contributed by atoms with Gasteiger partial charge >= 0.3 is 0 Å². The highest BCUT2D eigenvalue weighted by Crippen LogP contribution is 2.39. The zero-order valence-corrected chi connectivity index (χ0v) is 17.9. The van der Waals surface area contributed by atoms with Gasteiger partial charge in [-0.1, -0.05) is 78.9 Å². The monoisotopic (exact) mass is 434 g/mol. The summed E-state index contributed by atoms with van der Waals surface area (Å²) in [5, 5.41) is 0.211. The minimum Gasteiger partial charge on any atom is -0.457 e. The largest absolute Gasteiger partial charge is 0.457 e. The molecule has 0 spiro atoms. The van der Waals surface area contributed by atoms with Gasteiger partial charge in [0, 0.05) is 16.7 Å². The van der Waals surface area contributed by atoms with Crippen LogP contribution in [0.2, 0.25) is 5.28 Å². The Morgan fingerprint density at radius 3 is 1.47 bits per heavy atom. The number of hydrogen-bond donors (Lipinski definition) is 0. The third-order valence-electron chi connectivity index (χ3n) is 5.10. The van der Waals surface area contributed by atoms with Crippen molar-refractivity contribution in [2.24, 2.45) is 0 Å². The van der Waals surface area contributed by atoms with Crippen LogP contribution >= 0.6 is 11.6 Å². The summed E-state index contributed by atoms with van der Waals surface area (Å²) in [5.74, 6) is 1.55. The molecule has 0 fully saturated rings. The molecule has 32 heavy (non-hydrogen) atoms. The molecule has 0 N–H and O–H groups in total. The Morgan fingerprint density at radius 2 is 0.906 bits per heavy atom. The van der Waals surface area contributed by atoms with Gasteiger partial charge in [-0.25, -0.2) is 9.97 Å². The van der Waals surface area contributed by atoms with Crippen LogP contribution in [0, 0.1) is 0 Å². The lowest BCUT2D eigenvalue weighted by Crippen LogP contribution is -1.98. The number of rotatable bonds is 5. The van der Waals surface area contributed by atoms with Crippen molar-refractivity contribution in [1.29, 1.82) is 0 Å². The zero-order valence-electron chi connectivity index (χ0n) is 17.2. The van der Waals surface area contributed by atoms with E-state index >= 15 is 0 Å². The second-order valence-corrected chi connectivity index (χ2v) is 7.57. The van der Waals surface area contributed by atoms with Crippen molar-refractivity contribution in [3.63, 3.8) is 0 Å². The highest BCUT2D eigenvalue weighted by atomic mass is 35.5. The molecule has 3 nitrogen and oxygen atoms in total. The molecule has 154 valence electrons. The smallest absolute Gasteiger partial charge is 0.223 e. The van der Waals surface area contributed by atoms with Crippen molar-refractivity contribution in [3.8, 4) is 45.1 Å². The summed E-state index contributed by atoms with van der Waals surface area (Å²) in [6.45, 7) is 0. The number of nitrogens with zero attached hydrogens (tertiary/aromatic N) is 2. The average Bonchev–Trinajstić information content (AvgIpc) is 2.86. The second-order valence-electron chi connectivity index (χ2n) is 7.24. The molecule has 0 radical (unpaired) electrons. The summed E-state index contributed by atoms with van der Waals surface area (Å²) in [6.07, 6.45) is 0. The van der Waals surface area contributed by atoms with Gasteiger partial charge in [-0.05, 0) is 53.6 Å². The summed E-state index contributed by atoms with van der Waals surface area (Å²) in [6, 6.07) is 37.8. The Balaban J connectivity index is 1.63. The van der Waals surface area contributed by atoms with E-state index in [-0.39, 0.29) is 5.28 Å². The Bertz CT molecular complexity index is 1320. The molecule has 5 rings (SSSR count). The summed E-state index contributed by atoms with van der Waals surface area (Å²) in [7, 11) is 0. The number of halogens is 1. The van der Waals surface area contributed by atoms with E-state index in [0.717, 1.165) is 45.1 Å². The maximum absolute atomic E-state index is 6.40. The van der Waals surface area contributed by atoms with Crippen LogP contribution in [0.1, 0.15) is 0 Å². The fraction of sp³-hybridized carbons (Fsp3) is 0. The fourth-order valence-electron chi connectivity index (χ4n) is 3.63. The van der Waals surface area contributed by atoms with E-state index in [0.29, 0.717) is 0 Å². The third-order valence-corrected chi connectivity index (χ3v) is 5.27. The summed E-state index contributed by atoms with van der Waals surface area (Å²) < 4.78 is 5.94. The standard InChI is InChI=1S/C28H19ClN2O/c29-28-30-26(21-12-6-2-7-13-21)25(20-10-4-1-5-11-20)27(31-28)22-16-18-24(19-17-22)32-23-14-8-3-9-15-23/h1-19H. The molecule has 0 bridgehead atoms. The van der Waals surface area contributed by atoms with Gasteiger partial charge < -0.3 is 4.74 Å². The Kier molecular flexibility index (Phi) is 5.65. The molecular formula is C28H19ClN2O. The van der Waals surface area contributed by atoms with Crippen LogP contribution in [-0.2, 0) is 0 Å². The molecule has 1 aromatic heterocycles. The van der Waals surface area contributed by atoms with Gasteiger partial charge in [0.15, 0.2) is 0 Å². The van der Waals surface area contributed by atoms with Crippen LogP contribution in [0.5, 0.6) is 11.5 Å². The van der Waals surface area contributed by atoms with Crippen molar-refractivity contribution in [2.45, 2.75) is 0 Å². The highest BCUT2D eigenvalue weighted by molar-refractivity contribution is 6.28. The number of para-hydroxylation sites is 1. The van der Waals surface area contributed by atoms with Crippen molar-refractivity contribution >= 4 is 11.6 Å². The number of benzene rings is 4. The molecule has 1 heterocycles. The molecule has 0 saturated heterocycles. The maximum atomic E-state index is 6.40. The first kappa shape index (κ1) is 20.0. The topological polar surface area (TPSA) is 35.0 Å². The zero-order chi connectivity index (χ0) is 21.8. The van der Waals surface area contributed by atoms with E-state index < -0.39 is 0 Å². The van der Waals surface area contributed by atoms with E-state index in [2.05, 4.69) is 22.1 Å². The van der Waals surface area contributed by atoms with E-state index in [1.165, 1.54) is 0 Å². The summed E-state index contributed by atoms with van der Waals surface area (Å²) in [5.41, 5.74) is 5.48. The van der Waals surface area contributed by atoms with E-state index in [9.17, 15) is 0 Å². The molecule has 0 amide bonds. The van der Waals surface area contributed by atoms with Gasteiger partial charge in [0.1, 0.15) is 11.5 Å². The van der Waals surface area contributed by atoms with Crippen LogP contribution in [0.15, 0.2) is 115 Å². The van der Waals surface area contributed by atoms with Gasteiger partial charge in [0.05, 0.1) is 11.4 Å². The van der Waals surface area contributed by atoms with Crippen molar-refractivity contribution in [2.75, 3.05) is 0 Å². The number of aromatic nitrogens is 2. The Hall–Kier alpha value is -3.95. The molecule has 0 aliphatic carbocycles. The van der Waals surface area contributed by atoms with Gasteiger partial charge in [0.25, 0.3) is 0 Å². The predicted octanol–water partition coefficient (Wildman–Crippen LogP) is 7.92. The first-order valence-electron chi connectivity index (χ1n) is 10.3. The van der Waals surface area contributed by atoms with Gasteiger partial charge in [-0.15, -0.1) is 0 Å². The van der Waals surface area contributed by atoms with Crippen molar-refractivity contribution in [1.82, 2.24) is 9.97 Å². The lowest BCUT2D eigenvalue weighted by atomic mass is 9.94. The SMILES string of the molecule is Clc1nc(-c2ccccc2)c(-c2ccccc2)c(-c2ccc(Oc3ccccc3)cc2)n1. The van der Waals surface area contributed by atoms with Gasteiger partial charge in [-0.3, -0.25) is 0 Å². The maximum Gasteiger partial charge on any atom is 0.223 e.